The van der Waals surface area contributed by atoms with E-state index in [1.165, 1.54) is 7.11 Å². The van der Waals surface area contributed by atoms with Crippen LogP contribution in [0.15, 0.2) is 53.5 Å². The number of benzene rings is 2. The van der Waals surface area contributed by atoms with Crippen LogP contribution in [0, 0.1) is 0 Å². The molecule has 0 aliphatic carbocycles. The minimum Gasteiger partial charge on any atom is -0.453 e. The van der Waals surface area contributed by atoms with Gasteiger partial charge in [0.25, 0.3) is 5.91 Å². The maximum absolute atomic E-state index is 12.0. The van der Waals surface area contributed by atoms with Gasteiger partial charge in [-0.15, -0.1) is 0 Å². The van der Waals surface area contributed by atoms with Crippen LogP contribution in [0.3, 0.4) is 0 Å². The van der Waals surface area contributed by atoms with Crippen molar-refractivity contribution in [1.82, 2.24) is 15.5 Å². The molecule has 0 saturated carbocycles. The number of methoxy groups -OCH3 is 1. The first-order valence-corrected chi connectivity index (χ1v) is 9.69. The van der Waals surface area contributed by atoms with Gasteiger partial charge in [0.05, 0.1) is 13.7 Å². The van der Waals surface area contributed by atoms with Crippen LogP contribution in [0.5, 0.6) is 0 Å². The summed E-state index contributed by atoms with van der Waals surface area (Å²) in [5, 5.41) is 9.13. The Morgan fingerprint density at radius 3 is 2.17 bits per heavy atom. The van der Waals surface area contributed by atoms with Gasteiger partial charge in [0, 0.05) is 38.4 Å². The predicted molar refractivity (Wildman–Crippen MR) is 119 cm³/mol. The molecule has 3 N–H and O–H groups in total. The summed E-state index contributed by atoms with van der Waals surface area (Å²) in [7, 11) is 4.80. The van der Waals surface area contributed by atoms with Gasteiger partial charge in [0.1, 0.15) is 0 Å². The molecule has 2 aromatic rings. The van der Waals surface area contributed by atoms with Crippen LogP contribution in [0.1, 0.15) is 28.4 Å². The second-order valence-corrected chi connectivity index (χ2v) is 6.76. The van der Waals surface area contributed by atoms with E-state index in [-0.39, 0.29) is 5.91 Å². The summed E-state index contributed by atoms with van der Waals surface area (Å²) < 4.78 is 4.57. The molecule has 2 rings (SSSR count). The Morgan fingerprint density at radius 1 is 0.967 bits per heavy atom. The predicted octanol–water partition coefficient (Wildman–Crippen LogP) is 2.82. The van der Waals surface area contributed by atoms with Gasteiger partial charge in [-0.2, -0.15) is 0 Å². The summed E-state index contributed by atoms with van der Waals surface area (Å²) >= 11 is 0. The number of rotatable bonds is 7. The quantitative estimate of drug-likeness (QED) is 0.481. The Balaban J connectivity index is 1.94. The molecule has 8 heteroatoms. The van der Waals surface area contributed by atoms with Crippen molar-refractivity contribution in [2.24, 2.45) is 4.99 Å². The summed E-state index contributed by atoms with van der Waals surface area (Å²) in [5.41, 5.74) is 3.38. The van der Waals surface area contributed by atoms with E-state index in [0.717, 1.165) is 17.7 Å². The normalized spacial score (nSPS) is 10.9. The summed E-state index contributed by atoms with van der Waals surface area (Å²) in [5.74, 6) is 0.680. The monoisotopic (exact) mass is 411 g/mol. The van der Waals surface area contributed by atoms with E-state index in [0.29, 0.717) is 30.3 Å². The lowest BCUT2D eigenvalue weighted by Crippen LogP contribution is -2.36. The first-order valence-electron chi connectivity index (χ1n) is 9.69. The van der Waals surface area contributed by atoms with Crippen molar-refractivity contribution in [3.63, 3.8) is 0 Å². The molecular formula is C22H29N5O3. The molecule has 0 fully saturated rings. The average Bonchev–Trinajstić information content (AvgIpc) is 2.76. The zero-order valence-electron chi connectivity index (χ0n) is 17.9. The van der Waals surface area contributed by atoms with E-state index in [1.807, 2.05) is 43.3 Å². The molecule has 0 aliphatic rings. The van der Waals surface area contributed by atoms with Gasteiger partial charge in [0.2, 0.25) is 0 Å². The minimum absolute atomic E-state index is 0.0165. The molecule has 30 heavy (non-hydrogen) atoms. The van der Waals surface area contributed by atoms with Gasteiger partial charge in [0.15, 0.2) is 5.96 Å². The number of nitrogens with one attached hydrogen (secondary N) is 3. The Labute approximate surface area is 177 Å². The van der Waals surface area contributed by atoms with Crippen molar-refractivity contribution < 1.29 is 14.3 Å². The molecule has 2 amide bonds. The summed E-state index contributed by atoms with van der Waals surface area (Å²) in [6.07, 6.45) is -0.501. The zero-order valence-corrected chi connectivity index (χ0v) is 17.9. The van der Waals surface area contributed by atoms with Gasteiger partial charge in [-0.05, 0) is 42.3 Å². The van der Waals surface area contributed by atoms with Crippen LogP contribution in [-0.2, 0) is 17.8 Å². The number of hydrogen-bond donors (Lipinski definition) is 3. The number of anilines is 1. The smallest absolute Gasteiger partial charge is 0.411 e. The highest BCUT2D eigenvalue weighted by Crippen LogP contribution is 2.11. The van der Waals surface area contributed by atoms with Crippen molar-refractivity contribution in [2.75, 3.05) is 33.1 Å². The van der Waals surface area contributed by atoms with Crippen LogP contribution in [0.25, 0.3) is 0 Å². The summed E-state index contributed by atoms with van der Waals surface area (Å²) in [6.45, 7) is 3.82. The number of guanidine groups is 1. The molecule has 0 aliphatic heterocycles. The number of carbonyl (C=O) groups is 2. The van der Waals surface area contributed by atoms with Crippen molar-refractivity contribution in [2.45, 2.75) is 20.0 Å². The Morgan fingerprint density at radius 2 is 1.60 bits per heavy atom. The molecular weight excluding hydrogens is 382 g/mol. The SMILES string of the molecule is CCNC(=NCc1ccc(NC(=O)OC)cc1)NCc1ccc(C(=O)N(C)C)cc1. The van der Waals surface area contributed by atoms with E-state index in [1.54, 1.807) is 31.1 Å². The largest absolute Gasteiger partial charge is 0.453 e. The van der Waals surface area contributed by atoms with Crippen molar-refractivity contribution in [1.29, 1.82) is 0 Å². The second-order valence-electron chi connectivity index (χ2n) is 6.76. The first kappa shape index (κ1) is 22.7. The molecule has 0 unspecified atom stereocenters. The molecule has 0 bridgehead atoms. The highest BCUT2D eigenvalue weighted by molar-refractivity contribution is 5.93. The third kappa shape index (κ3) is 7.12. The van der Waals surface area contributed by atoms with Crippen molar-refractivity contribution >= 4 is 23.6 Å². The van der Waals surface area contributed by atoms with Crippen LogP contribution in [0.4, 0.5) is 10.5 Å². The topological polar surface area (TPSA) is 95.1 Å². The van der Waals surface area contributed by atoms with Gasteiger partial charge in [-0.1, -0.05) is 24.3 Å². The van der Waals surface area contributed by atoms with Gasteiger partial charge in [-0.3, -0.25) is 10.1 Å². The fourth-order valence-corrected chi connectivity index (χ4v) is 2.58. The number of aliphatic imine (C=N–C) groups is 1. The summed E-state index contributed by atoms with van der Waals surface area (Å²) in [4.78, 5) is 29.4. The number of hydrogen-bond acceptors (Lipinski definition) is 4. The lowest BCUT2D eigenvalue weighted by atomic mass is 10.1. The fraction of sp³-hybridized carbons (Fsp3) is 0.318. The third-order valence-electron chi connectivity index (χ3n) is 4.22. The molecule has 0 radical (unpaired) electrons. The lowest BCUT2D eigenvalue weighted by molar-refractivity contribution is 0.0827. The molecule has 0 aromatic heterocycles. The van der Waals surface area contributed by atoms with E-state index < -0.39 is 6.09 Å². The average molecular weight is 412 g/mol. The first-order chi connectivity index (χ1) is 14.4. The summed E-state index contributed by atoms with van der Waals surface area (Å²) in [6, 6.07) is 14.9. The number of carbonyl (C=O) groups excluding carboxylic acids is 2. The second kappa shape index (κ2) is 11.5. The zero-order chi connectivity index (χ0) is 21.9. The van der Waals surface area contributed by atoms with Crippen molar-refractivity contribution in [3.8, 4) is 0 Å². The van der Waals surface area contributed by atoms with E-state index in [4.69, 9.17) is 0 Å². The van der Waals surface area contributed by atoms with Gasteiger partial charge < -0.3 is 20.3 Å². The molecule has 8 nitrogen and oxygen atoms in total. The van der Waals surface area contributed by atoms with E-state index >= 15 is 0 Å². The third-order valence-corrected chi connectivity index (χ3v) is 4.22. The Bertz CT molecular complexity index is 861. The lowest BCUT2D eigenvalue weighted by Gasteiger charge is -2.13. The van der Waals surface area contributed by atoms with E-state index in [2.05, 4.69) is 25.7 Å². The molecule has 0 heterocycles. The minimum atomic E-state index is -0.501. The van der Waals surface area contributed by atoms with Crippen LogP contribution in [0.2, 0.25) is 0 Å². The molecule has 0 atom stereocenters. The number of ether oxygens (including phenoxy) is 1. The molecule has 0 spiro atoms. The fourth-order valence-electron chi connectivity index (χ4n) is 2.58. The van der Waals surface area contributed by atoms with Gasteiger partial charge in [-0.25, -0.2) is 9.79 Å². The highest BCUT2D eigenvalue weighted by atomic mass is 16.5. The highest BCUT2D eigenvalue weighted by Gasteiger charge is 2.07. The maximum atomic E-state index is 12.0. The Hall–Kier alpha value is -3.55. The Kier molecular flexibility index (Phi) is 8.68. The number of amides is 2. The molecule has 160 valence electrons. The maximum Gasteiger partial charge on any atom is 0.411 e. The van der Waals surface area contributed by atoms with Crippen molar-refractivity contribution in [3.05, 3.63) is 65.2 Å². The van der Waals surface area contributed by atoms with Crippen LogP contribution >= 0.6 is 0 Å². The standard InChI is InChI=1S/C22H29N5O3/c1-5-23-21(24-14-16-6-10-18(11-7-16)20(28)27(2)3)25-15-17-8-12-19(13-9-17)26-22(29)30-4/h6-13H,5,14-15H2,1-4H3,(H,26,29)(H2,23,24,25). The molecule has 0 saturated heterocycles. The van der Waals surface area contributed by atoms with E-state index in [9.17, 15) is 9.59 Å². The van der Waals surface area contributed by atoms with Crippen LogP contribution in [-0.4, -0.2) is 50.6 Å². The van der Waals surface area contributed by atoms with Gasteiger partial charge >= 0.3 is 6.09 Å². The molecule has 2 aromatic carbocycles. The van der Waals surface area contributed by atoms with Crippen LogP contribution < -0.4 is 16.0 Å². The number of nitrogens with zero attached hydrogens (tertiary/aromatic N) is 2.